The van der Waals surface area contributed by atoms with Crippen molar-refractivity contribution in [3.63, 3.8) is 0 Å². The number of rotatable bonds is 3. The number of hydrogen-bond donors (Lipinski definition) is 1. The van der Waals surface area contributed by atoms with Gasteiger partial charge in [0.05, 0.1) is 5.52 Å². The van der Waals surface area contributed by atoms with Crippen LogP contribution in [0.4, 0.5) is 5.69 Å². The van der Waals surface area contributed by atoms with Gasteiger partial charge in [0.2, 0.25) is 5.91 Å². The van der Waals surface area contributed by atoms with Crippen LogP contribution in [-0.2, 0) is 11.3 Å². The summed E-state index contributed by atoms with van der Waals surface area (Å²) in [6.07, 6.45) is 0. The largest absolute Gasteiger partial charge is 0.325 e. The number of para-hydroxylation sites is 1. The van der Waals surface area contributed by atoms with E-state index in [9.17, 15) is 9.59 Å². The highest BCUT2D eigenvalue weighted by Gasteiger charge is 2.12. The third-order valence-electron chi connectivity index (χ3n) is 4.18. The summed E-state index contributed by atoms with van der Waals surface area (Å²) in [5, 5.41) is 3.84. The molecule has 1 amide bonds. The van der Waals surface area contributed by atoms with Gasteiger partial charge >= 0.3 is 0 Å². The number of nitrogens with one attached hydrogen (secondary N) is 1. The lowest BCUT2D eigenvalue weighted by atomic mass is 10.1. The van der Waals surface area contributed by atoms with Gasteiger partial charge in [0.1, 0.15) is 6.54 Å². The highest BCUT2D eigenvalue weighted by Crippen LogP contribution is 2.20. The lowest BCUT2D eigenvalue weighted by molar-refractivity contribution is -0.116. The van der Waals surface area contributed by atoms with Gasteiger partial charge in [-0.05, 0) is 44.0 Å². The van der Waals surface area contributed by atoms with Crippen molar-refractivity contribution in [2.45, 2.75) is 27.3 Å². The first-order valence-corrected chi connectivity index (χ1v) is 7.92. The number of benzene rings is 2. The van der Waals surface area contributed by atoms with E-state index in [4.69, 9.17) is 0 Å². The summed E-state index contributed by atoms with van der Waals surface area (Å²) in [6, 6.07) is 15.1. The van der Waals surface area contributed by atoms with Crippen molar-refractivity contribution in [1.29, 1.82) is 0 Å². The SMILES string of the molecule is Cc1ccc(NC(=O)Cn2c(=O)cc(C)c3cccc(C)c32)cc1. The van der Waals surface area contributed by atoms with E-state index in [-0.39, 0.29) is 18.0 Å². The fraction of sp³-hybridized carbons (Fsp3) is 0.200. The van der Waals surface area contributed by atoms with Crippen LogP contribution < -0.4 is 10.9 Å². The molecule has 0 aliphatic rings. The Labute approximate surface area is 140 Å². The van der Waals surface area contributed by atoms with Crippen molar-refractivity contribution in [3.05, 3.63) is 75.6 Å². The molecule has 3 aromatic rings. The maximum Gasteiger partial charge on any atom is 0.251 e. The zero-order chi connectivity index (χ0) is 17.3. The molecule has 0 aliphatic carbocycles. The van der Waals surface area contributed by atoms with Gasteiger partial charge in [-0.25, -0.2) is 0 Å². The normalized spacial score (nSPS) is 10.8. The summed E-state index contributed by atoms with van der Waals surface area (Å²) in [7, 11) is 0. The monoisotopic (exact) mass is 320 g/mol. The van der Waals surface area contributed by atoms with Gasteiger partial charge in [0, 0.05) is 17.1 Å². The minimum Gasteiger partial charge on any atom is -0.325 e. The molecule has 2 aromatic carbocycles. The number of nitrogens with zero attached hydrogens (tertiary/aromatic N) is 1. The van der Waals surface area contributed by atoms with Crippen molar-refractivity contribution in [2.24, 2.45) is 0 Å². The predicted molar refractivity (Wildman–Crippen MR) is 97.5 cm³/mol. The maximum absolute atomic E-state index is 12.4. The van der Waals surface area contributed by atoms with Crippen LogP contribution in [0.3, 0.4) is 0 Å². The summed E-state index contributed by atoms with van der Waals surface area (Å²) in [5.74, 6) is -0.214. The van der Waals surface area contributed by atoms with Crippen LogP contribution in [0.15, 0.2) is 53.3 Å². The second kappa shape index (κ2) is 6.32. The minimum atomic E-state index is -0.214. The highest BCUT2D eigenvalue weighted by molar-refractivity contribution is 5.92. The Balaban J connectivity index is 1.96. The molecule has 0 saturated carbocycles. The van der Waals surface area contributed by atoms with E-state index in [0.29, 0.717) is 0 Å². The summed E-state index contributed by atoms with van der Waals surface area (Å²) in [6.45, 7) is 5.86. The topological polar surface area (TPSA) is 51.1 Å². The number of hydrogen-bond acceptors (Lipinski definition) is 2. The van der Waals surface area contributed by atoms with Crippen LogP contribution in [0.5, 0.6) is 0 Å². The van der Waals surface area contributed by atoms with Crippen molar-refractivity contribution in [2.75, 3.05) is 5.32 Å². The van der Waals surface area contributed by atoms with E-state index in [1.165, 1.54) is 0 Å². The lowest BCUT2D eigenvalue weighted by Crippen LogP contribution is -2.28. The van der Waals surface area contributed by atoms with Crippen molar-refractivity contribution in [1.82, 2.24) is 4.57 Å². The predicted octanol–water partition coefficient (Wildman–Crippen LogP) is 3.57. The van der Waals surface area contributed by atoms with Crippen molar-refractivity contribution < 1.29 is 4.79 Å². The summed E-state index contributed by atoms with van der Waals surface area (Å²) in [4.78, 5) is 24.8. The van der Waals surface area contributed by atoms with Gasteiger partial charge in [-0.2, -0.15) is 0 Å². The smallest absolute Gasteiger partial charge is 0.251 e. The first-order valence-electron chi connectivity index (χ1n) is 7.92. The second-order valence-corrected chi connectivity index (χ2v) is 6.14. The number of amides is 1. The van der Waals surface area contributed by atoms with Gasteiger partial charge in [-0.15, -0.1) is 0 Å². The van der Waals surface area contributed by atoms with Gasteiger partial charge in [-0.1, -0.05) is 35.9 Å². The molecule has 24 heavy (non-hydrogen) atoms. The fourth-order valence-electron chi connectivity index (χ4n) is 2.92. The molecule has 122 valence electrons. The Morgan fingerprint density at radius 1 is 1.00 bits per heavy atom. The molecule has 4 nitrogen and oxygen atoms in total. The van der Waals surface area contributed by atoms with E-state index >= 15 is 0 Å². The average Bonchev–Trinajstić information content (AvgIpc) is 2.54. The van der Waals surface area contributed by atoms with Gasteiger partial charge in [-0.3, -0.25) is 14.2 Å². The fourth-order valence-corrected chi connectivity index (χ4v) is 2.92. The van der Waals surface area contributed by atoms with Gasteiger partial charge in [0.15, 0.2) is 0 Å². The third-order valence-corrected chi connectivity index (χ3v) is 4.18. The Morgan fingerprint density at radius 3 is 2.42 bits per heavy atom. The van der Waals surface area contributed by atoms with Crippen LogP contribution in [0.25, 0.3) is 10.9 Å². The molecule has 1 aromatic heterocycles. The average molecular weight is 320 g/mol. The maximum atomic E-state index is 12.4. The van der Waals surface area contributed by atoms with E-state index in [1.54, 1.807) is 10.6 Å². The van der Waals surface area contributed by atoms with E-state index in [2.05, 4.69) is 5.32 Å². The van der Waals surface area contributed by atoms with Gasteiger partial charge in [0.25, 0.3) is 5.56 Å². The zero-order valence-electron chi connectivity index (χ0n) is 14.1. The molecule has 0 bridgehead atoms. The molecule has 1 N–H and O–H groups in total. The molecule has 0 saturated heterocycles. The molecule has 0 atom stereocenters. The molecule has 0 fully saturated rings. The van der Waals surface area contributed by atoms with E-state index in [1.807, 2.05) is 63.2 Å². The van der Waals surface area contributed by atoms with Crippen molar-refractivity contribution >= 4 is 22.5 Å². The van der Waals surface area contributed by atoms with Gasteiger partial charge < -0.3 is 5.32 Å². The van der Waals surface area contributed by atoms with Crippen LogP contribution in [-0.4, -0.2) is 10.5 Å². The van der Waals surface area contributed by atoms with Crippen molar-refractivity contribution in [3.8, 4) is 0 Å². The van der Waals surface area contributed by atoms with Crippen LogP contribution >= 0.6 is 0 Å². The number of aryl methyl sites for hydroxylation is 3. The highest BCUT2D eigenvalue weighted by atomic mass is 16.2. The molecule has 0 radical (unpaired) electrons. The molecule has 0 spiro atoms. The zero-order valence-corrected chi connectivity index (χ0v) is 14.1. The van der Waals surface area contributed by atoms with E-state index < -0.39 is 0 Å². The number of anilines is 1. The third kappa shape index (κ3) is 3.08. The van der Waals surface area contributed by atoms with Crippen LogP contribution in [0, 0.1) is 20.8 Å². The first kappa shape index (κ1) is 16.0. The quantitative estimate of drug-likeness (QED) is 0.802. The molecule has 3 rings (SSSR count). The second-order valence-electron chi connectivity index (χ2n) is 6.14. The minimum absolute atomic E-state index is 0.00561. The van der Waals surface area contributed by atoms with Crippen LogP contribution in [0.2, 0.25) is 0 Å². The number of carbonyl (C=O) groups excluding carboxylic acids is 1. The Morgan fingerprint density at radius 2 is 1.71 bits per heavy atom. The Bertz CT molecular complexity index is 969. The summed E-state index contributed by atoms with van der Waals surface area (Å²) in [5.41, 5.74) is 4.43. The number of fused-ring (bicyclic) bond motifs is 1. The molecular formula is C20H20N2O2. The molecule has 1 heterocycles. The molecule has 0 aliphatic heterocycles. The Kier molecular flexibility index (Phi) is 4.21. The standard InChI is InChI=1S/C20H20N2O2/c1-13-7-9-16(10-8-13)21-18(23)12-22-19(24)11-15(3)17-6-4-5-14(2)20(17)22/h4-11H,12H2,1-3H3,(H,21,23). The number of aromatic nitrogens is 1. The summed E-state index contributed by atoms with van der Waals surface area (Å²) >= 11 is 0. The molecular weight excluding hydrogens is 300 g/mol. The van der Waals surface area contributed by atoms with Crippen LogP contribution in [0.1, 0.15) is 16.7 Å². The lowest BCUT2D eigenvalue weighted by Gasteiger charge is -2.14. The number of carbonyl (C=O) groups is 1. The summed E-state index contributed by atoms with van der Waals surface area (Å²) < 4.78 is 1.54. The van der Waals surface area contributed by atoms with E-state index in [0.717, 1.165) is 33.3 Å². The number of pyridine rings is 1. The Hall–Kier alpha value is -2.88. The first-order chi connectivity index (χ1) is 11.5. The molecule has 4 heteroatoms. The molecule has 0 unspecified atom stereocenters.